The number of pyridine rings is 1. The van der Waals surface area contributed by atoms with Gasteiger partial charge >= 0.3 is 6.09 Å². The van der Waals surface area contributed by atoms with Crippen molar-refractivity contribution in [3.8, 4) is 0 Å². The molecule has 2 aromatic rings. The van der Waals surface area contributed by atoms with Gasteiger partial charge in [0, 0.05) is 24.4 Å². The van der Waals surface area contributed by atoms with Crippen LogP contribution in [0.15, 0.2) is 66.4 Å². The number of amides is 1. The van der Waals surface area contributed by atoms with Crippen LogP contribution in [0.4, 0.5) is 4.79 Å². The molecule has 26 heavy (non-hydrogen) atoms. The summed E-state index contributed by atoms with van der Waals surface area (Å²) in [6, 6.07) is 16.3. The lowest BCUT2D eigenvalue weighted by atomic mass is 9.84. The third kappa shape index (κ3) is 3.79. The Morgan fingerprint density at radius 2 is 1.96 bits per heavy atom. The predicted molar refractivity (Wildman–Crippen MR) is 101 cm³/mol. The van der Waals surface area contributed by atoms with Crippen LogP contribution in [0.5, 0.6) is 0 Å². The van der Waals surface area contributed by atoms with E-state index in [9.17, 15) is 4.79 Å². The summed E-state index contributed by atoms with van der Waals surface area (Å²) in [6.45, 7) is 0.333. The van der Waals surface area contributed by atoms with Gasteiger partial charge in [0.05, 0.1) is 6.04 Å². The maximum atomic E-state index is 12.7. The van der Waals surface area contributed by atoms with E-state index < -0.39 is 0 Å². The fourth-order valence-electron chi connectivity index (χ4n) is 4.06. The Labute approximate surface area is 154 Å². The Bertz CT molecular complexity index is 773. The Kier molecular flexibility index (Phi) is 5.00. The summed E-state index contributed by atoms with van der Waals surface area (Å²) in [5.41, 5.74) is 3.51. The van der Waals surface area contributed by atoms with Gasteiger partial charge in [0.15, 0.2) is 0 Å². The molecule has 0 spiro atoms. The van der Waals surface area contributed by atoms with Crippen molar-refractivity contribution in [3.63, 3.8) is 0 Å². The number of carbonyl (C=O) groups is 1. The molecule has 1 fully saturated rings. The van der Waals surface area contributed by atoms with E-state index in [1.807, 2.05) is 53.6 Å². The van der Waals surface area contributed by atoms with E-state index in [1.165, 1.54) is 12.0 Å². The van der Waals surface area contributed by atoms with Crippen molar-refractivity contribution in [2.45, 2.75) is 50.8 Å². The monoisotopic (exact) mass is 348 g/mol. The van der Waals surface area contributed by atoms with Crippen molar-refractivity contribution in [1.29, 1.82) is 0 Å². The minimum atomic E-state index is -0.184. The lowest BCUT2D eigenvalue weighted by Crippen LogP contribution is -2.52. The first-order chi connectivity index (χ1) is 12.8. The summed E-state index contributed by atoms with van der Waals surface area (Å²) >= 11 is 0. The molecule has 0 N–H and O–H groups in total. The number of rotatable bonds is 4. The molecule has 1 aromatic carbocycles. The van der Waals surface area contributed by atoms with Crippen molar-refractivity contribution in [2.75, 3.05) is 0 Å². The van der Waals surface area contributed by atoms with Crippen molar-refractivity contribution < 1.29 is 9.53 Å². The fraction of sp³-hybridized carbons (Fsp3) is 0.364. The van der Waals surface area contributed by atoms with Crippen LogP contribution in [0.2, 0.25) is 0 Å². The predicted octanol–water partition coefficient (Wildman–Crippen LogP) is 4.51. The molecule has 2 bridgehead atoms. The molecule has 1 amide bonds. The Morgan fingerprint density at radius 3 is 2.73 bits per heavy atom. The quantitative estimate of drug-likeness (QED) is 0.763. The second-order valence-corrected chi connectivity index (χ2v) is 7.13. The van der Waals surface area contributed by atoms with E-state index in [2.05, 4.69) is 17.1 Å². The van der Waals surface area contributed by atoms with Gasteiger partial charge in [-0.3, -0.25) is 9.88 Å². The molecule has 2 aliphatic rings. The van der Waals surface area contributed by atoms with Gasteiger partial charge in [-0.2, -0.15) is 0 Å². The first-order valence-corrected chi connectivity index (χ1v) is 9.38. The van der Waals surface area contributed by atoms with Crippen molar-refractivity contribution in [3.05, 3.63) is 77.6 Å². The molecule has 0 aliphatic carbocycles. The first kappa shape index (κ1) is 16.8. The first-order valence-electron chi connectivity index (χ1n) is 9.38. The smallest absolute Gasteiger partial charge is 0.410 e. The second kappa shape index (κ2) is 7.73. The van der Waals surface area contributed by atoms with E-state index in [4.69, 9.17) is 4.74 Å². The van der Waals surface area contributed by atoms with Gasteiger partial charge in [-0.15, -0.1) is 0 Å². The number of hydrogen-bond acceptors (Lipinski definition) is 3. The molecule has 2 atom stereocenters. The number of nitrogens with zero attached hydrogens (tertiary/aromatic N) is 2. The minimum Gasteiger partial charge on any atom is -0.445 e. The summed E-state index contributed by atoms with van der Waals surface area (Å²) in [4.78, 5) is 19.1. The zero-order valence-electron chi connectivity index (χ0n) is 14.9. The Hall–Kier alpha value is -2.62. The lowest BCUT2D eigenvalue weighted by Gasteiger charge is -2.44. The van der Waals surface area contributed by atoms with Crippen LogP contribution in [-0.4, -0.2) is 28.1 Å². The highest BCUT2D eigenvalue weighted by molar-refractivity contribution is 5.69. The molecule has 0 radical (unpaired) electrons. The van der Waals surface area contributed by atoms with Crippen molar-refractivity contribution >= 4 is 6.09 Å². The highest BCUT2D eigenvalue weighted by atomic mass is 16.6. The van der Waals surface area contributed by atoms with E-state index in [0.717, 1.165) is 36.9 Å². The summed E-state index contributed by atoms with van der Waals surface area (Å²) in [6.07, 6.45) is 8.97. The van der Waals surface area contributed by atoms with Crippen LogP contribution in [0.25, 0.3) is 0 Å². The molecule has 134 valence electrons. The Balaban J connectivity index is 1.43. The number of benzene rings is 1. The summed E-state index contributed by atoms with van der Waals surface area (Å²) < 4.78 is 5.60. The largest absolute Gasteiger partial charge is 0.445 e. The third-order valence-corrected chi connectivity index (χ3v) is 5.26. The lowest BCUT2D eigenvalue weighted by molar-refractivity contribution is 0.0481. The number of fused-ring (bicyclic) bond motifs is 2. The molecule has 0 saturated carbocycles. The van der Waals surface area contributed by atoms with Crippen LogP contribution in [0.3, 0.4) is 0 Å². The third-order valence-electron chi connectivity index (χ3n) is 5.26. The van der Waals surface area contributed by atoms with Gasteiger partial charge in [0.1, 0.15) is 6.61 Å². The van der Waals surface area contributed by atoms with Crippen LogP contribution >= 0.6 is 0 Å². The topological polar surface area (TPSA) is 42.4 Å². The van der Waals surface area contributed by atoms with Crippen LogP contribution in [-0.2, 0) is 17.8 Å². The number of ether oxygens (including phenoxy) is 1. The molecule has 3 heterocycles. The highest BCUT2D eigenvalue weighted by Crippen LogP contribution is 2.34. The van der Waals surface area contributed by atoms with Crippen LogP contribution in [0, 0.1) is 0 Å². The van der Waals surface area contributed by atoms with Gasteiger partial charge in [-0.25, -0.2) is 4.79 Å². The molecule has 4 heteroatoms. The molecule has 4 rings (SSSR count). The average molecular weight is 348 g/mol. The maximum absolute atomic E-state index is 12.7. The summed E-state index contributed by atoms with van der Waals surface area (Å²) in [7, 11) is 0. The van der Waals surface area contributed by atoms with Crippen molar-refractivity contribution in [1.82, 2.24) is 9.88 Å². The second-order valence-electron chi connectivity index (χ2n) is 7.13. The van der Waals surface area contributed by atoms with E-state index >= 15 is 0 Å². The standard InChI is InChI=1S/C22H24N2O2/c25-22(26-16-17-7-2-1-3-8-17)24-20-10-6-11-21(24)15-18(14-20)13-19-9-4-5-12-23-19/h1-5,7-9,12,14,20-21H,6,10-11,13,15-16H2. The van der Waals surface area contributed by atoms with Gasteiger partial charge < -0.3 is 4.74 Å². The molecular weight excluding hydrogens is 324 g/mol. The summed E-state index contributed by atoms with van der Waals surface area (Å²) in [5.74, 6) is 0. The highest BCUT2D eigenvalue weighted by Gasteiger charge is 2.37. The zero-order valence-corrected chi connectivity index (χ0v) is 14.9. The average Bonchev–Trinajstić information content (AvgIpc) is 2.67. The number of carbonyl (C=O) groups excluding carboxylic acids is 1. The van der Waals surface area contributed by atoms with Crippen molar-refractivity contribution in [2.24, 2.45) is 0 Å². The number of hydrogen-bond donors (Lipinski definition) is 0. The van der Waals surface area contributed by atoms with E-state index in [-0.39, 0.29) is 18.2 Å². The normalized spacial score (nSPS) is 21.8. The maximum Gasteiger partial charge on any atom is 0.410 e. The van der Waals surface area contributed by atoms with E-state index in [0.29, 0.717) is 6.61 Å². The minimum absolute atomic E-state index is 0.157. The molecule has 2 aliphatic heterocycles. The zero-order chi connectivity index (χ0) is 17.8. The van der Waals surface area contributed by atoms with Crippen LogP contribution in [0.1, 0.15) is 36.9 Å². The van der Waals surface area contributed by atoms with Gasteiger partial charge in [-0.1, -0.05) is 48.0 Å². The van der Waals surface area contributed by atoms with Gasteiger partial charge in [-0.05, 0) is 43.4 Å². The van der Waals surface area contributed by atoms with Gasteiger partial charge in [0.25, 0.3) is 0 Å². The SMILES string of the molecule is O=C(OCc1ccccc1)N1C2C=C(Cc3ccccn3)CC1CCC2. The number of piperidine rings is 1. The molecule has 1 aromatic heterocycles. The fourth-order valence-corrected chi connectivity index (χ4v) is 4.06. The molecule has 1 saturated heterocycles. The molecular formula is C22H24N2O2. The van der Waals surface area contributed by atoms with E-state index in [1.54, 1.807) is 0 Å². The number of aromatic nitrogens is 1. The molecule has 4 nitrogen and oxygen atoms in total. The summed E-state index contributed by atoms with van der Waals surface area (Å²) in [5, 5.41) is 0. The van der Waals surface area contributed by atoms with Crippen LogP contribution < -0.4 is 0 Å². The van der Waals surface area contributed by atoms with Gasteiger partial charge in [0.2, 0.25) is 0 Å². The molecule has 2 unspecified atom stereocenters. The Morgan fingerprint density at radius 1 is 1.12 bits per heavy atom.